The molecule has 2 aromatic rings. The van der Waals surface area contributed by atoms with E-state index in [4.69, 9.17) is 0 Å². The van der Waals surface area contributed by atoms with Crippen LogP contribution in [-0.4, -0.2) is 16.5 Å². The molecule has 70 valence electrons. The smallest absolute Gasteiger partial charge is 0.150 e. The minimum absolute atomic E-state index is 0.598. The summed E-state index contributed by atoms with van der Waals surface area (Å²) in [4.78, 5) is 10.9. The van der Waals surface area contributed by atoms with E-state index in [1.165, 1.54) is 12.8 Å². The Hall–Kier alpha value is -1.64. The summed E-state index contributed by atoms with van der Waals surface area (Å²) in [5, 5.41) is 8.26. The molecule has 1 N–H and O–H groups in total. The molecule has 0 atom stereocenters. The van der Waals surface area contributed by atoms with Gasteiger partial charge in [-0.3, -0.25) is 9.89 Å². The third-order valence-corrected chi connectivity index (χ3v) is 2.75. The van der Waals surface area contributed by atoms with Crippen molar-refractivity contribution in [3.63, 3.8) is 0 Å². The maximum atomic E-state index is 10.9. The Bertz CT molecular complexity index is 497. The number of aromatic amines is 1. The number of carbonyl (C=O) groups excluding carboxylic acids is 1. The molecular weight excluding hydrogens is 176 g/mol. The quantitative estimate of drug-likeness (QED) is 0.731. The number of hydrogen-bond acceptors (Lipinski definition) is 2. The average Bonchev–Trinajstić information content (AvgIpc) is 2.97. The van der Waals surface area contributed by atoms with Crippen molar-refractivity contribution >= 4 is 17.2 Å². The van der Waals surface area contributed by atoms with Crippen molar-refractivity contribution in [3.8, 4) is 0 Å². The SMILES string of the molecule is O=Cc1cccc2n[nH]c(C3CC3)c12. The first-order chi connectivity index (χ1) is 6.90. The summed E-state index contributed by atoms with van der Waals surface area (Å²) in [6.07, 6.45) is 3.33. The highest BCUT2D eigenvalue weighted by atomic mass is 16.1. The fourth-order valence-corrected chi connectivity index (χ4v) is 1.89. The van der Waals surface area contributed by atoms with Crippen LogP contribution in [0.25, 0.3) is 10.9 Å². The summed E-state index contributed by atoms with van der Waals surface area (Å²) >= 11 is 0. The average molecular weight is 186 g/mol. The summed E-state index contributed by atoms with van der Waals surface area (Å²) in [6, 6.07) is 5.64. The second-order valence-electron chi connectivity index (χ2n) is 3.77. The molecule has 1 aliphatic carbocycles. The molecule has 1 fully saturated rings. The van der Waals surface area contributed by atoms with E-state index < -0.39 is 0 Å². The predicted molar refractivity (Wildman–Crippen MR) is 53.5 cm³/mol. The molecule has 0 spiro atoms. The molecular formula is C11H10N2O. The fraction of sp³-hybridized carbons (Fsp3) is 0.273. The van der Waals surface area contributed by atoms with Crippen LogP contribution in [0, 0.1) is 0 Å². The second-order valence-corrected chi connectivity index (χ2v) is 3.77. The largest absolute Gasteiger partial charge is 0.298 e. The van der Waals surface area contributed by atoms with Gasteiger partial charge in [-0.2, -0.15) is 5.10 Å². The van der Waals surface area contributed by atoms with Crippen LogP contribution >= 0.6 is 0 Å². The van der Waals surface area contributed by atoms with E-state index in [1.807, 2.05) is 18.2 Å². The van der Waals surface area contributed by atoms with Gasteiger partial charge in [-0.15, -0.1) is 0 Å². The first kappa shape index (κ1) is 7.74. The van der Waals surface area contributed by atoms with Crippen molar-refractivity contribution in [3.05, 3.63) is 29.5 Å². The Labute approximate surface area is 81.1 Å². The van der Waals surface area contributed by atoms with Crippen LogP contribution < -0.4 is 0 Å². The van der Waals surface area contributed by atoms with E-state index in [0.29, 0.717) is 5.92 Å². The number of nitrogens with zero attached hydrogens (tertiary/aromatic N) is 1. The summed E-state index contributed by atoms with van der Waals surface area (Å²) in [5.41, 5.74) is 2.79. The molecule has 3 nitrogen and oxygen atoms in total. The van der Waals surface area contributed by atoms with E-state index in [9.17, 15) is 4.79 Å². The Morgan fingerprint density at radius 2 is 2.29 bits per heavy atom. The molecule has 1 aliphatic rings. The van der Waals surface area contributed by atoms with Gasteiger partial charge < -0.3 is 0 Å². The van der Waals surface area contributed by atoms with E-state index in [2.05, 4.69) is 10.2 Å². The summed E-state index contributed by atoms with van der Waals surface area (Å²) in [7, 11) is 0. The van der Waals surface area contributed by atoms with Crippen LogP contribution in [0.1, 0.15) is 34.8 Å². The molecule has 0 unspecified atom stereocenters. The van der Waals surface area contributed by atoms with Crippen LogP contribution in [0.3, 0.4) is 0 Å². The highest BCUT2D eigenvalue weighted by Crippen LogP contribution is 2.42. The minimum Gasteiger partial charge on any atom is -0.298 e. The molecule has 0 saturated heterocycles. The van der Waals surface area contributed by atoms with Crippen molar-refractivity contribution in [2.45, 2.75) is 18.8 Å². The molecule has 3 rings (SSSR count). The molecule has 1 aromatic carbocycles. The van der Waals surface area contributed by atoms with Crippen molar-refractivity contribution in [2.75, 3.05) is 0 Å². The molecule has 1 aromatic heterocycles. The molecule has 1 saturated carbocycles. The van der Waals surface area contributed by atoms with Crippen LogP contribution in [0.5, 0.6) is 0 Å². The normalized spacial score (nSPS) is 16.0. The minimum atomic E-state index is 0.598. The number of nitrogens with one attached hydrogen (secondary N) is 1. The number of carbonyl (C=O) groups is 1. The molecule has 3 heteroatoms. The summed E-state index contributed by atoms with van der Waals surface area (Å²) in [5.74, 6) is 0.598. The van der Waals surface area contributed by atoms with Gasteiger partial charge in [-0.1, -0.05) is 12.1 Å². The fourth-order valence-electron chi connectivity index (χ4n) is 1.89. The topological polar surface area (TPSA) is 45.8 Å². The standard InChI is InChI=1S/C11H10N2O/c14-6-8-2-1-3-9-10(8)11(13-12-9)7-4-5-7/h1-3,6-7H,4-5H2,(H,12,13). The number of H-pyrrole nitrogens is 1. The van der Waals surface area contributed by atoms with Gasteiger partial charge in [0.15, 0.2) is 6.29 Å². The van der Waals surface area contributed by atoms with Gasteiger partial charge in [0.25, 0.3) is 0 Å². The number of benzene rings is 1. The lowest BCUT2D eigenvalue weighted by molar-refractivity contribution is 0.112. The van der Waals surface area contributed by atoms with Gasteiger partial charge in [0.2, 0.25) is 0 Å². The lowest BCUT2D eigenvalue weighted by Gasteiger charge is -1.96. The zero-order valence-corrected chi connectivity index (χ0v) is 7.66. The van der Waals surface area contributed by atoms with Gasteiger partial charge in [0.05, 0.1) is 5.52 Å². The van der Waals surface area contributed by atoms with Crippen LogP contribution in [0.4, 0.5) is 0 Å². The van der Waals surface area contributed by atoms with E-state index in [-0.39, 0.29) is 0 Å². The third kappa shape index (κ3) is 0.985. The Kier molecular flexibility index (Phi) is 1.48. The van der Waals surface area contributed by atoms with Crippen molar-refractivity contribution < 1.29 is 4.79 Å². The van der Waals surface area contributed by atoms with Gasteiger partial charge in [0.1, 0.15) is 0 Å². The molecule has 1 heterocycles. The van der Waals surface area contributed by atoms with Crippen molar-refractivity contribution in [1.29, 1.82) is 0 Å². The van der Waals surface area contributed by atoms with Gasteiger partial charge >= 0.3 is 0 Å². The van der Waals surface area contributed by atoms with Crippen LogP contribution in [0.2, 0.25) is 0 Å². The van der Waals surface area contributed by atoms with Crippen molar-refractivity contribution in [2.24, 2.45) is 0 Å². The Morgan fingerprint density at radius 1 is 1.43 bits per heavy atom. The van der Waals surface area contributed by atoms with E-state index in [0.717, 1.165) is 28.4 Å². The van der Waals surface area contributed by atoms with Gasteiger partial charge in [0, 0.05) is 22.6 Å². The molecule has 0 amide bonds. The highest BCUT2D eigenvalue weighted by molar-refractivity contribution is 5.98. The number of rotatable bonds is 2. The molecule has 0 bridgehead atoms. The van der Waals surface area contributed by atoms with Crippen LogP contribution in [-0.2, 0) is 0 Å². The zero-order chi connectivity index (χ0) is 9.54. The monoisotopic (exact) mass is 186 g/mol. The number of aromatic nitrogens is 2. The third-order valence-electron chi connectivity index (χ3n) is 2.75. The zero-order valence-electron chi connectivity index (χ0n) is 7.66. The predicted octanol–water partition coefficient (Wildman–Crippen LogP) is 2.25. The molecule has 0 aliphatic heterocycles. The maximum absolute atomic E-state index is 10.9. The lowest BCUT2D eigenvalue weighted by atomic mass is 10.1. The maximum Gasteiger partial charge on any atom is 0.150 e. The van der Waals surface area contributed by atoms with E-state index in [1.54, 1.807) is 0 Å². The number of aldehydes is 1. The molecule has 0 radical (unpaired) electrons. The van der Waals surface area contributed by atoms with Gasteiger partial charge in [-0.05, 0) is 18.9 Å². The van der Waals surface area contributed by atoms with E-state index >= 15 is 0 Å². The molecule has 14 heavy (non-hydrogen) atoms. The number of fused-ring (bicyclic) bond motifs is 1. The first-order valence-corrected chi connectivity index (χ1v) is 4.82. The van der Waals surface area contributed by atoms with Crippen molar-refractivity contribution in [1.82, 2.24) is 10.2 Å². The lowest BCUT2D eigenvalue weighted by Crippen LogP contribution is -1.85. The first-order valence-electron chi connectivity index (χ1n) is 4.82. The second kappa shape index (κ2) is 2.67. The Balaban J connectivity index is 2.34. The number of hydrogen-bond donors (Lipinski definition) is 1. The Morgan fingerprint density at radius 3 is 3.00 bits per heavy atom. The van der Waals surface area contributed by atoms with Crippen LogP contribution in [0.15, 0.2) is 18.2 Å². The highest BCUT2D eigenvalue weighted by Gasteiger charge is 2.28. The van der Waals surface area contributed by atoms with Gasteiger partial charge in [-0.25, -0.2) is 0 Å². The summed E-state index contributed by atoms with van der Waals surface area (Å²) in [6.45, 7) is 0. The summed E-state index contributed by atoms with van der Waals surface area (Å²) < 4.78 is 0.